The average Bonchev–Trinajstić information content (AvgIpc) is 2.98. The van der Waals surface area contributed by atoms with E-state index in [1.165, 1.54) is 0 Å². The summed E-state index contributed by atoms with van der Waals surface area (Å²) in [5, 5.41) is 8.43. The molecule has 1 N–H and O–H groups in total. The number of benzene rings is 2. The van der Waals surface area contributed by atoms with Gasteiger partial charge in [0.05, 0.1) is 16.9 Å². The van der Waals surface area contributed by atoms with Gasteiger partial charge in [-0.1, -0.05) is 29.8 Å². The highest BCUT2D eigenvalue weighted by atomic mass is 79.9. The summed E-state index contributed by atoms with van der Waals surface area (Å²) >= 11 is 9.40. The highest BCUT2D eigenvalue weighted by Crippen LogP contribution is 2.25. The van der Waals surface area contributed by atoms with E-state index < -0.39 is 0 Å². The van der Waals surface area contributed by atoms with E-state index in [0.717, 1.165) is 21.4 Å². The van der Waals surface area contributed by atoms with Crippen molar-refractivity contribution in [2.24, 2.45) is 0 Å². The zero-order valence-corrected chi connectivity index (χ0v) is 13.5. The molecule has 0 saturated carbocycles. The van der Waals surface area contributed by atoms with Crippen LogP contribution in [0.2, 0.25) is 5.02 Å². The molecule has 5 heteroatoms. The molecule has 3 rings (SSSR count). The number of halogens is 2. The van der Waals surface area contributed by atoms with Gasteiger partial charge in [0.25, 0.3) is 0 Å². The molecule has 0 amide bonds. The molecule has 0 fully saturated rings. The number of rotatable bonds is 4. The van der Waals surface area contributed by atoms with Crippen LogP contribution in [-0.2, 0) is 6.54 Å². The molecule has 0 unspecified atom stereocenters. The predicted octanol–water partition coefficient (Wildman–Crippen LogP) is 4.90. The topological polar surface area (TPSA) is 29.9 Å². The van der Waals surface area contributed by atoms with E-state index in [0.29, 0.717) is 11.6 Å². The van der Waals surface area contributed by atoms with Crippen LogP contribution >= 0.6 is 27.5 Å². The summed E-state index contributed by atoms with van der Waals surface area (Å²) in [5.41, 5.74) is 3.18. The smallest absolute Gasteiger partial charge is 0.0645 e. The van der Waals surface area contributed by atoms with Crippen LogP contribution in [0.15, 0.2) is 65.4 Å². The second kappa shape index (κ2) is 6.33. The summed E-state index contributed by atoms with van der Waals surface area (Å²) in [6.45, 7) is 0.709. The molecule has 21 heavy (non-hydrogen) atoms. The second-order valence-corrected chi connectivity index (χ2v) is 5.87. The van der Waals surface area contributed by atoms with Crippen LogP contribution in [0.4, 0.5) is 5.69 Å². The van der Waals surface area contributed by atoms with E-state index in [-0.39, 0.29) is 0 Å². The molecular formula is C16H13BrClN3. The summed E-state index contributed by atoms with van der Waals surface area (Å²) in [4.78, 5) is 0. The maximum atomic E-state index is 5.98. The molecule has 0 aliphatic carbocycles. The lowest BCUT2D eigenvalue weighted by Crippen LogP contribution is -1.98. The minimum absolute atomic E-state index is 0.706. The molecule has 0 bridgehead atoms. The third kappa shape index (κ3) is 3.46. The molecule has 0 spiro atoms. The van der Waals surface area contributed by atoms with E-state index in [2.05, 4.69) is 26.3 Å². The molecule has 3 nitrogen and oxygen atoms in total. The van der Waals surface area contributed by atoms with Crippen LogP contribution < -0.4 is 5.32 Å². The van der Waals surface area contributed by atoms with Crippen molar-refractivity contribution < 1.29 is 0 Å². The lowest BCUT2D eigenvalue weighted by Gasteiger charge is -2.06. The third-order valence-electron chi connectivity index (χ3n) is 3.07. The molecule has 1 heterocycles. The fourth-order valence-electron chi connectivity index (χ4n) is 1.98. The van der Waals surface area contributed by atoms with Crippen molar-refractivity contribution in [2.45, 2.75) is 6.54 Å². The number of nitrogens with one attached hydrogen (secondary N) is 1. The van der Waals surface area contributed by atoms with Crippen molar-refractivity contribution in [2.75, 3.05) is 5.32 Å². The van der Waals surface area contributed by atoms with Gasteiger partial charge in [-0.2, -0.15) is 5.10 Å². The Morgan fingerprint density at radius 2 is 1.95 bits per heavy atom. The van der Waals surface area contributed by atoms with Gasteiger partial charge in [-0.25, -0.2) is 4.68 Å². The largest absolute Gasteiger partial charge is 0.381 e. The fourth-order valence-corrected chi connectivity index (χ4v) is 2.48. The molecular weight excluding hydrogens is 350 g/mol. The van der Waals surface area contributed by atoms with Crippen molar-refractivity contribution in [3.8, 4) is 5.69 Å². The summed E-state index contributed by atoms with van der Waals surface area (Å²) < 4.78 is 2.75. The van der Waals surface area contributed by atoms with Gasteiger partial charge in [-0.15, -0.1) is 0 Å². The predicted molar refractivity (Wildman–Crippen MR) is 90.0 cm³/mol. The van der Waals surface area contributed by atoms with Gasteiger partial charge in [0, 0.05) is 28.5 Å². The highest BCUT2D eigenvalue weighted by molar-refractivity contribution is 9.10. The average molecular weight is 363 g/mol. The van der Waals surface area contributed by atoms with E-state index >= 15 is 0 Å². The SMILES string of the molecule is Clc1ccc(NCc2cnn(-c3ccccc3)c2)cc1Br. The van der Waals surface area contributed by atoms with Gasteiger partial charge in [0.2, 0.25) is 0 Å². The Kier molecular flexibility index (Phi) is 4.27. The first kappa shape index (κ1) is 14.2. The number of hydrogen-bond donors (Lipinski definition) is 1. The van der Waals surface area contributed by atoms with Gasteiger partial charge in [-0.3, -0.25) is 0 Å². The first-order valence-corrected chi connectivity index (χ1v) is 7.67. The van der Waals surface area contributed by atoms with Crippen molar-refractivity contribution in [3.63, 3.8) is 0 Å². The standard InChI is InChI=1S/C16H13BrClN3/c17-15-8-13(6-7-16(15)18)19-9-12-10-20-21(11-12)14-4-2-1-3-5-14/h1-8,10-11,19H,9H2. The molecule has 1 aromatic heterocycles. The van der Waals surface area contributed by atoms with Crippen molar-refractivity contribution in [3.05, 3.63) is 76.0 Å². The summed E-state index contributed by atoms with van der Waals surface area (Å²) in [6.07, 6.45) is 3.89. The van der Waals surface area contributed by atoms with Crippen molar-refractivity contribution in [1.82, 2.24) is 9.78 Å². The Morgan fingerprint density at radius 3 is 2.71 bits per heavy atom. The molecule has 0 atom stereocenters. The minimum atomic E-state index is 0.706. The number of para-hydroxylation sites is 1. The van der Waals surface area contributed by atoms with E-state index in [1.807, 2.05) is 65.6 Å². The lowest BCUT2D eigenvalue weighted by atomic mass is 10.3. The number of anilines is 1. The molecule has 106 valence electrons. The lowest BCUT2D eigenvalue weighted by molar-refractivity contribution is 0.880. The summed E-state index contributed by atoms with van der Waals surface area (Å²) in [7, 11) is 0. The Balaban J connectivity index is 1.69. The maximum absolute atomic E-state index is 5.98. The normalized spacial score (nSPS) is 10.6. The van der Waals surface area contributed by atoms with E-state index in [1.54, 1.807) is 0 Å². The van der Waals surface area contributed by atoms with Gasteiger partial charge in [0.1, 0.15) is 0 Å². The minimum Gasteiger partial charge on any atom is -0.381 e. The van der Waals surface area contributed by atoms with E-state index in [4.69, 9.17) is 11.6 Å². The fraction of sp³-hybridized carbons (Fsp3) is 0.0625. The molecule has 0 aliphatic rings. The highest BCUT2D eigenvalue weighted by Gasteiger charge is 2.02. The van der Waals surface area contributed by atoms with Crippen LogP contribution in [0, 0.1) is 0 Å². The number of hydrogen-bond acceptors (Lipinski definition) is 2. The maximum Gasteiger partial charge on any atom is 0.0645 e. The van der Waals surface area contributed by atoms with Crippen LogP contribution in [0.5, 0.6) is 0 Å². The van der Waals surface area contributed by atoms with Crippen LogP contribution in [0.25, 0.3) is 5.69 Å². The first-order valence-electron chi connectivity index (χ1n) is 6.50. The van der Waals surface area contributed by atoms with Crippen LogP contribution in [-0.4, -0.2) is 9.78 Å². The van der Waals surface area contributed by atoms with Crippen LogP contribution in [0.3, 0.4) is 0 Å². The van der Waals surface area contributed by atoms with Crippen molar-refractivity contribution >= 4 is 33.2 Å². The molecule has 0 aliphatic heterocycles. The molecule has 0 saturated heterocycles. The number of nitrogens with zero attached hydrogens (tertiary/aromatic N) is 2. The van der Waals surface area contributed by atoms with Gasteiger partial charge >= 0.3 is 0 Å². The Labute approximate surface area is 136 Å². The quantitative estimate of drug-likeness (QED) is 0.715. The van der Waals surface area contributed by atoms with Gasteiger partial charge in [-0.05, 0) is 46.3 Å². The van der Waals surface area contributed by atoms with Gasteiger partial charge in [0.15, 0.2) is 0 Å². The second-order valence-electron chi connectivity index (χ2n) is 4.61. The summed E-state index contributed by atoms with van der Waals surface area (Å²) in [5.74, 6) is 0. The molecule has 0 radical (unpaired) electrons. The van der Waals surface area contributed by atoms with Crippen molar-refractivity contribution in [1.29, 1.82) is 0 Å². The monoisotopic (exact) mass is 361 g/mol. The Morgan fingerprint density at radius 1 is 1.14 bits per heavy atom. The Hall–Kier alpha value is -1.78. The zero-order chi connectivity index (χ0) is 14.7. The molecule has 3 aromatic rings. The zero-order valence-electron chi connectivity index (χ0n) is 11.1. The molecule has 2 aromatic carbocycles. The van der Waals surface area contributed by atoms with E-state index in [9.17, 15) is 0 Å². The third-order valence-corrected chi connectivity index (χ3v) is 4.29. The summed E-state index contributed by atoms with van der Waals surface area (Å²) in [6, 6.07) is 15.8. The van der Waals surface area contributed by atoms with Crippen LogP contribution in [0.1, 0.15) is 5.56 Å². The number of aromatic nitrogens is 2. The first-order chi connectivity index (χ1) is 10.2. The van der Waals surface area contributed by atoms with Gasteiger partial charge < -0.3 is 5.32 Å². The Bertz CT molecular complexity index is 740.